The minimum Gasteiger partial charge on any atom is -0.260 e. The quantitative estimate of drug-likeness (QED) is 0.609. The van der Waals surface area contributed by atoms with Gasteiger partial charge in [0.05, 0.1) is 11.4 Å². The molecule has 3 nitrogen and oxygen atoms in total. The topological polar surface area (TPSA) is 36.8 Å². The number of hydrogen-bond donors (Lipinski definition) is 1. The number of hydrogen-bond acceptors (Lipinski definition) is 2. The Hall–Kier alpha value is -2.16. The molecule has 0 aromatic heterocycles. The molecular formula is C14H15N3. The number of anilines is 1. The highest BCUT2D eigenvalue weighted by Gasteiger charge is 1.94. The summed E-state index contributed by atoms with van der Waals surface area (Å²) in [4.78, 5) is 0. The van der Waals surface area contributed by atoms with Gasteiger partial charge in [0.2, 0.25) is 0 Å². The van der Waals surface area contributed by atoms with Crippen LogP contribution in [0, 0.1) is 13.8 Å². The summed E-state index contributed by atoms with van der Waals surface area (Å²) >= 11 is 0. The molecule has 0 aliphatic heterocycles. The molecular weight excluding hydrogens is 210 g/mol. The molecule has 0 aliphatic carbocycles. The molecule has 17 heavy (non-hydrogen) atoms. The van der Waals surface area contributed by atoms with Crippen LogP contribution >= 0.6 is 0 Å². The van der Waals surface area contributed by atoms with E-state index >= 15 is 0 Å². The van der Waals surface area contributed by atoms with Gasteiger partial charge in [-0.3, -0.25) is 5.43 Å². The van der Waals surface area contributed by atoms with Crippen molar-refractivity contribution in [3.8, 4) is 0 Å². The molecule has 1 N–H and O–H groups in total. The summed E-state index contributed by atoms with van der Waals surface area (Å²) in [5.41, 5.74) is 7.22. The van der Waals surface area contributed by atoms with E-state index in [0.29, 0.717) is 0 Å². The molecule has 0 amide bonds. The second-order valence-electron chi connectivity index (χ2n) is 3.95. The summed E-state index contributed by atoms with van der Waals surface area (Å²) in [6.45, 7) is 4.17. The van der Waals surface area contributed by atoms with Gasteiger partial charge in [-0.2, -0.15) is 0 Å². The van der Waals surface area contributed by atoms with Crippen LogP contribution in [0.15, 0.2) is 58.9 Å². The highest BCUT2D eigenvalue weighted by Crippen LogP contribution is 2.15. The lowest BCUT2D eigenvalue weighted by molar-refractivity contribution is 1.13. The highest BCUT2D eigenvalue weighted by molar-refractivity contribution is 5.47. The third-order valence-corrected chi connectivity index (χ3v) is 2.61. The van der Waals surface area contributed by atoms with E-state index in [-0.39, 0.29) is 0 Å². The van der Waals surface area contributed by atoms with Crippen LogP contribution in [0.4, 0.5) is 11.4 Å². The molecule has 0 aliphatic rings. The van der Waals surface area contributed by atoms with Crippen molar-refractivity contribution in [1.82, 2.24) is 0 Å². The summed E-state index contributed by atoms with van der Waals surface area (Å²) in [6, 6.07) is 15.8. The van der Waals surface area contributed by atoms with Crippen LogP contribution in [-0.2, 0) is 0 Å². The van der Waals surface area contributed by atoms with E-state index in [9.17, 15) is 0 Å². The van der Waals surface area contributed by atoms with E-state index in [1.165, 1.54) is 11.1 Å². The van der Waals surface area contributed by atoms with Gasteiger partial charge in [0, 0.05) is 0 Å². The molecule has 0 heterocycles. The van der Waals surface area contributed by atoms with E-state index in [2.05, 4.69) is 41.7 Å². The number of rotatable bonds is 3. The van der Waals surface area contributed by atoms with Gasteiger partial charge in [-0.1, -0.05) is 29.5 Å². The number of benzene rings is 2. The SMILES string of the molecule is Cc1ccc(NN=Nc2ccccc2)cc1C. The fourth-order valence-corrected chi connectivity index (χ4v) is 1.45. The van der Waals surface area contributed by atoms with Gasteiger partial charge in [-0.15, -0.1) is 5.11 Å². The van der Waals surface area contributed by atoms with Crippen LogP contribution < -0.4 is 5.43 Å². The minimum absolute atomic E-state index is 0.837. The average Bonchev–Trinajstić information content (AvgIpc) is 2.35. The van der Waals surface area contributed by atoms with Crippen molar-refractivity contribution in [2.75, 3.05) is 5.43 Å². The van der Waals surface area contributed by atoms with Gasteiger partial charge in [-0.25, -0.2) is 0 Å². The molecule has 3 heteroatoms. The van der Waals surface area contributed by atoms with Gasteiger partial charge in [0.15, 0.2) is 0 Å². The minimum atomic E-state index is 0.837. The van der Waals surface area contributed by atoms with Crippen molar-refractivity contribution in [2.45, 2.75) is 13.8 Å². The van der Waals surface area contributed by atoms with Crippen molar-refractivity contribution >= 4 is 11.4 Å². The van der Waals surface area contributed by atoms with Gasteiger partial charge >= 0.3 is 0 Å². The molecule has 0 saturated carbocycles. The molecule has 0 radical (unpaired) electrons. The monoisotopic (exact) mass is 225 g/mol. The summed E-state index contributed by atoms with van der Waals surface area (Å²) in [5, 5.41) is 8.03. The van der Waals surface area contributed by atoms with Gasteiger partial charge < -0.3 is 0 Å². The number of nitrogens with one attached hydrogen (secondary N) is 1. The summed E-state index contributed by atoms with van der Waals surface area (Å²) in [7, 11) is 0. The maximum atomic E-state index is 4.07. The Morgan fingerprint density at radius 1 is 0.882 bits per heavy atom. The molecule has 0 spiro atoms. The predicted octanol–water partition coefficient (Wildman–Crippen LogP) is 4.41. The van der Waals surface area contributed by atoms with Crippen LogP contribution in [0.5, 0.6) is 0 Å². The third kappa shape index (κ3) is 3.14. The molecule has 0 fully saturated rings. The zero-order chi connectivity index (χ0) is 12.1. The fourth-order valence-electron chi connectivity index (χ4n) is 1.45. The fraction of sp³-hybridized carbons (Fsp3) is 0.143. The Morgan fingerprint density at radius 2 is 1.65 bits per heavy atom. The van der Waals surface area contributed by atoms with E-state index in [0.717, 1.165) is 11.4 Å². The van der Waals surface area contributed by atoms with Crippen molar-refractivity contribution < 1.29 is 0 Å². The standard InChI is InChI=1S/C14H15N3/c1-11-8-9-14(10-12(11)2)16-17-15-13-6-4-3-5-7-13/h3-10H,1-2H3,(H,15,16). The van der Waals surface area contributed by atoms with Crippen molar-refractivity contribution in [3.63, 3.8) is 0 Å². The molecule has 86 valence electrons. The van der Waals surface area contributed by atoms with E-state index in [1.54, 1.807) is 0 Å². The molecule has 0 bridgehead atoms. The third-order valence-electron chi connectivity index (χ3n) is 2.61. The van der Waals surface area contributed by atoms with E-state index in [1.807, 2.05) is 36.4 Å². The molecule has 0 atom stereocenters. The zero-order valence-electron chi connectivity index (χ0n) is 10.0. The first-order valence-electron chi connectivity index (χ1n) is 5.55. The first-order chi connectivity index (χ1) is 8.25. The lowest BCUT2D eigenvalue weighted by Gasteiger charge is -2.03. The lowest BCUT2D eigenvalue weighted by atomic mass is 10.1. The van der Waals surface area contributed by atoms with E-state index in [4.69, 9.17) is 0 Å². The van der Waals surface area contributed by atoms with Crippen LogP contribution in [0.3, 0.4) is 0 Å². The first-order valence-corrected chi connectivity index (χ1v) is 5.55. The predicted molar refractivity (Wildman–Crippen MR) is 70.5 cm³/mol. The van der Waals surface area contributed by atoms with Gasteiger partial charge in [0.1, 0.15) is 0 Å². The Labute approximate surface area is 101 Å². The Bertz CT molecular complexity index is 518. The van der Waals surface area contributed by atoms with E-state index < -0.39 is 0 Å². The number of nitrogens with zero attached hydrogens (tertiary/aromatic N) is 2. The zero-order valence-corrected chi connectivity index (χ0v) is 10.0. The Kier molecular flexibility index (Phi) is 3.50. The summed E-state index contributed by atoms with van der Waals surface area (Å²) in [6.07, 6.45) is 0. The average molecular weight is 225 g/mol. The normalized spacial score (nSPS) is 10.7. The van der Waals surface area contributed by atoms with Crippen molar-refractivity contribution in [3.05, 3.63) is 59.7 Å². The molecule has 0 unspecified atom stereocenters. The molecule has 2 aromatic carbocycles. The molecule has 2 aromatic rings. The largest absolute Gasteiger partial charge is 0.260 e. The summed E-state index contributed by atoms with van der Waals surface area (Å²) in [5.74, 6) is 0. The van der Waals surface area contributed by atoms with Crippen LogP contribution in [0.1, 0.15) is 11.1 Å². The Morgan fingerprint density at radius 3 is 2.35 bits per heavy atom. The molecule has 2 rings (SSSR count). The maximum absolute atomic E-state index is 4.07. The van der Waals surface area contributed by atoms with Gasteiger partial charge in [0.25, 0.3) is 0 Å². The molecule has 0 saturated heterocycles. The Balaban J connectivity index is 2.03. The second-order valence-corrected chi connectivity index (χ2v) is 3.95. The highest BCUT2D eigenvalue weighted by atomic mass is 15.4. The van der Waals surface area contributed by atoms with Crippen LogP contribution in [-0.4, -0.2) is 0 Å². The maximum Gasteiger partial charge on any atom is 0.0874 e. The van der Waals surface area contributed by atoms with Crippen LogP contribution in [0.2, 0.25) is 0 Å². The number of aryl methyl sites for hydroxylation is 2. The summed E-state index contributed by atoms with van der Waals surface area (Å²) < 4.78 is 0. The van der Waals surface area contributed by atoms with Crippen LogP contribution in [0.25, 0.3) is 0 Å². The van der Waals surface area contributed by atoms with Crippen molar-refractivity contribution in [2.24, 2.45) is 10.3 Å². The first kappa shape index (κ1) is 11.3. The lowest BCUT2D eigenvalue weighted by Crippen LogP contribution is -1.88. The second kappa shape index (κ2) is 5.25. The smallest absolute Gasteiger partial charge is 0.0874 e. The van der Waals surface area contributed by atoms with Crippen molar-refractivity contribution in [1.29, 1.82) is 0 Å². The van der Waals surface area contributed by atoms with Gasteiger partial charge in [-0.05, 0) is 49.2 Å².